The van der Waals surface area contributed by atoms with Crippen LogP contribution in [0.1, 0.15) is 17.2 Å². The van der Waals surface area contributed by atoms with Gasteiger partial charge in [0.05, 0.1) is 7.11 Å². The minimum absolute atomic E-state index is 0.276. The number of nitrogens with one attached hydrogen (secondary N) is 1. The third-order valence-electron chi connectivity index (χ3n) is 3.24. The summed E-state index contributed by atoms with van der Waals surface area (Å²) in [4.78, 5) is 13.2. The molecule has 4 heteroatoms. The number of hydrogen-bond acceptors (Lipinski definition) is 4. The lowest BCUT2D eigenvalue weighted by Crippen LogP contribution is -2.29. The number of thioether (sulfide) groups is 1. The normalized spacial score (nSPS) is 11.9. The predicted molar refractivity (Wildman–Crippen MR) is 86.3 cm³/mol. The molecule has 0 radical (unpaired) electrons. The molecule has 0 bridgehead atoms. The molecule has 21 heavy (non-hydrogen) atoms. The molecule has 110 valence electrons. The van der Waals surface area contributed by atoms with Crippen LogP contribution in [0.15, 0.2) is 59.5 Å². The molecular formula is C17H19NO2S. The minimum Gasteiger partial charge on any atom is -0.468 e. The van der Waals surface area contributed by atoms with Crippen molar-refractivity contribution in [3.05, 3.63) is 65.7 Å². The summed E-state index contributed by atoms with van der Waals surface area (Å²) in [6.45, 7) is 0.614. The Balaban J connectivity index is 2.07. The standard InChI is InChI=1S/C17H19NO2S/c1-20-17(19)16(14-6-4-3-5-7-14)18-12-13-8-10-15(21-2)11-9-13/h3-11,16,18H,12H2,1-2H3. The van der Waals surface area contributed by atoms with Crippen molar-refractivity contribution in [3.8, 4) is 0 Å². The van der Waals surface area contributed by atoms with Gasteiger partial charge in [0.25, 0.3) is 0 Å². The predicted octanol–water partition coefficient (Wildman–Crippen LogP) is 3.41. The molecule has 3 nitrogen and oxygen atoms in total. The first-order chi connectivity index (χ1) is 10.2. The largest absolute Gasteiger partial charge is 0.468 e. The van der Waals surface area contributed by atoms with Crippen molar-refractivity contribution in [1.29, 1.82) is 0 Å². The van der Waals surface area contributed by atoms with Gasteiger partial charge in [0, 0.05) is 11.4 Å². The van der Waals surface area contributed by atoms with Gasteiger partial charge in [-0.2, -0.15) is 0 Å². The highest BCUT2D eigenvalue weighted by molar-refractivity contribution is 7.98. The zero-order valence-electron chi connectivity index (χ0n) is 12.2. The average molecular weight is 301 g/mol. The quantitative estimate of drug-likeness (QED) is 0.655. The Labute approximate surface area is 129 Å². The van der Waals surface area contributed by atoms with Gasteiger partial charge in [-0.05, 0) is 29.5 Å². The van der Waals surface area contributed by atoms with Crippen LogP contribution in [0, 0.1) is 0 Å². The Morgan fingerprint density at radius 2 is 1.81 bits per heavy atom. The van der Waals surface area contributed by atoms with E-state index >= 15 is 0 Å². The first-order valence-electron chi connectivity index (χ1n) is 6.73. The van der Waals surface area contributed by atoms with E-state index in [9.17, 15) is 4.79 Å². The maximum Gasteiger partial charge on any atom is 0.327 e. The summed E-state index contributed by atoms with van der Waals surface area (Å²) in [5, 5.41) is 3.26. The fourth-order valence-electron chi connectivity index (χ4n) is 2.06. The van der Waals surface area contributed by atoms with Crippen LogP contribution >= 0.6 is 11.8 Å². The summed E-state index contributed by atoms with van der Waals surface area (Å²) in [7, 11) is 1.41. The number of esters is 1. The molecule has 0 heterocycles. The van der Waals surface area contributed by atoms with Crippen LogP contribution in [0.2, 0.25) is 0 Å². The van der Waals surface area contributed by atoms with Crippen molar-refractivity contribution in [3.63, 3.8) is 0 Å². The first-order valence-corrected chi connectivity index (χ1v) is 7.96. The number of hydrogen-bond donors (Lipinski definition) is 1. The molecule has 0 fully saturated rings. The van der Waals surface area contributed by atoms with Gasteiger partial charge in [-0.3, -0.25) is 5.32 Å². The summed E-state index contributed by atoms with van der Waals surface area (Å²) in [6.07, 6.45) is 2.05. The van der Waals surface area contributed by atoms with Gasteiger partial charge in [-0.15, -0.1) is 11.8 Å². The van der Waals surface area contributed by atoms with E-state index in [0.717, 1.165) is 11.1 Å². The smallest absolute Gasteiger partial charge is 0.327 e. The lowest BCUT2D eigenvalue weighted by molar-refractivity contribution is -0.143. The number of carbonyl (C=O) groups excluding carboxylic acids is 1. The van der Waals surface area contributed by atoms with Crippen LogP contribution < -0.4 is 5.32 Å². The Morgan fingerprint density at radius 1 is 1.14 bits per heavy atom. The zero-order valence-corrected chi connectivity index (χ0v) is 13.0. The van der Waals surface area contributed by atoms with Crippen molar-refractivity contribution in [1.82, 2.24) is 5.32 Å². The number of methoxy groups -OCH3 is 1. The van der Waals surface area contributed by atoms with Crippen LogP contribution in [0.5, 0.6) is 0 Å². The minimum atomic E-state index is -0.448. The highest BCUT2D eigenvalue weighted by atomic mass is 32.2. The molecule has 2 rings (SSSR count). The molecule has 0 saturated carbocycles. The monoisotopic (exact) mass is 301 g/mol. The summed E-state index contributed by atoms with van der Waals surface area (Å²) < 4.78 is 4.89. The number of carbonyl (C=O) groups is 1. The first kappa shape index (κ1) is 15.6. The second kappa shape index (κ2) is 7.86. The van der Waals surface area contributed by atoms with E-state index in [4.69, 9.17) is 4.74 Å². The maximum absolute atomic E-state index is 11.9. The third-order valence-corrected chi connectivity index (χ3v) is 3.98. The molecule has 1 N–H and O–H groups in total. The Bertz CT molecular complexity index is 569. The van der Waals surface area contributed by atoms with Crippen LogP contribution in [-0.2, 0) is 16.1 Å². The molecular weight excluding hydrogens is 282 g/mol. The van der Waals surface area contributed by atoms with Gasteiger partial charge in [0.15, 0.2) is 0 Å². The second-order valence-electron chi connectivity index (χ2n) is 4.60. The number of ether oxygens (including phenoxy) is 1. The van der Waals surface area contributed by atoms with E-state index in [1.807, 2.05) is 30.3 Å². The van der Waals surface area contributed by atoms with Crippen LogP contribution in [0.25, 0.3) is 0 Å². The third kappa shape index (κ3) is 4.34. The lowest BCUT2D eigenvalue weighted by Gasteiger charge is -2.17. The second-order valence-corrected chi connectivity index (χ2v) is 5.48. The summed E-state index contributed by atoms with van der Waals surface area (Å²) in [5.41, 5.74) is 2.04. The van der Waals surface area contributed by atoms with E-state index in [1.54, 1.807) is 11.8 Å². The fraction of sp³-hybridized carbons (Fsp3) is 0.235. The maximum atomic E-state index is 11.9. The molecule has 2 aromatic carbocycles. The molecule has 0 aliphatic heterocycles. The van der Waals surface area contributed by atoms with E-state index in [2.05, 4.69) is 35.8 Å². The van der Waals surface area contributed by atoms with Crippen molar-refractivity contribution in [2.45, 2.75) is 17.5 Å². The molecule has 0 aromatic heterocycles. The van der Waals surface area contributed by atoms with Crippen molar-refractivity contribution in [2.24, 2.45) is 0 Å². The SMILES string of the molecule is COC(=O)C(NCc1ccc(SC)cc1)c1ccccc1. The summed E-state index contributed by atoms with van der Waals surface area (Å²) in [5.74, 6) is -0.276. The number of rotatable bonds is 6. The zero-order chi connectivity index (χ0) is 15.1. The van der Waals surface area contributed by atoms with Gasteiger partial charge < -0.3 is 4.74 Å². The van der Waals surface area contributed by atoms with E-state index in [1.165, 1.54) is 12.0 Å². The molecule has 1 atom stereocenters. The summed E-state index contributed by atoms with van der Waals surface area (Å²) in [6, 6.07) is 17.5. The molecule has 0 spiro atoms. The van der Waals surface area contributed by atoms with E-state index < -0.39 is 6.04 Å². The van der Waals surface area contributed by atoms with Crippen LogP contribution in [-0.4, -0.2) is 19.3 Å². The lowest BCUT2D eigenvalue weighted by atomic mass is 10.1. The summed E-state index contributed by atoms with van der Waals surface area (Å²) >= 11 is 1.71. The fourth-order valence-corrected chi connectivity index (χ4v) is 2.47. The van der Waals surface area contributed by atoms with Crippen molar-refractivity contribution < 1.29 is 9.53 Å². The topological polar surface area (TPSA) is 38.3 Å². The van der Waals surface area contributed by atoms with E-state index in [-0.39, 0.29) is 5.97 Å². The Hall–Kier alpha value is -1.78. The molecule has 0 amide bonds. The molecule has 0 aliphatic rings. The average Bonchev–Trinajstić information content (AvgIpc) is 2.56. The van der Waals surface area contributed by atoms with E-state index in [0.29, 0.717) is 6.54 Å². The molecule has 0 aliphatic carbocycles. The van der Waals surface area contributed by atoms with Gasteiger partial charge >= 0.3 is 5.97 Å². The van der Waals surface area contributed by atoms with Gasteiger partial charge in [-0.25, -0.2) is 4.79 Å². The van der Waals surface area contributed by atoms with Crippen LogP contribution in [0.4, 0.5) is 0 Å². The van der Waals surface area contributed by atoms with Gasteiger partial charge in [0.1, 0.15) is 6.04 Å². The Morgan fingerprint density at radius 3 is 2.38 bits per heavy atom. The molecule has 2 aromatic rings. The van der Waals surface area contributed by atoms with Crippen molar-refractivity contribution >= 4 is 17.7 Å². The van der Waals surface area contributed by atoms with Crippen LogP contribution in [0.3, 0.4) is 0 Å². The number of benzene rings is 2. The molecule has 0 saturated heterocycles. The Kier molecular flexibility index (Phi) is 5.84. The van der Waals surface area contributed by atoms with Crippen molar-refractivity contribution in [2.75, 3.05) is 13.4 Å². The highest BCUT2D eigenvalue weighted by Crippen LogP contribution is 2.17. The van der Waals surface area contributed by atoms with Gasteiger partial charge in [0.2, 0.25) is 0 Å². The highest BCUT2D eigenvalue weighted by Gasteiger charge is 2.20. The molecule has 1 unspecified atom stereocenters. The van der Waals surface area contributed by atoms with Gasteiger partial charge in [-0.1, -0.05) is 42.5 Å².